The van der Waals surface area contributed by atoms with Crippen LogP contribution in [-0.4, -0.2) is 31.4 Å². The smallest absolute Gasteiger partial charge is 0.161 e. The number of hydrogen-bond donors (Lipinski definition) is 2. The molecule has 1 rings (SSSR count). The summed E-state index contributed by atoms with van der Waals surface area (Å²) in [6, 6.07) is 3.97. The normalized spacial score (nSPS) is 13.9. The van der Waals surface area contributed by atoms with Crippen molar-refractivity contribution in [2.75, 3.05) is 14.2 Å². The van der Waals surface area contributed by atoms with Crippen LogP contribution in [0.4, 0.5) is 0 Å². The molecule has 0 saturated carbocycles. The Hall–Kier alpha value is -1.79. The Morgan fingerprint density at radius 3 is 2.41 bits per heavy atom. The summed E-state index contributed by atoms with van der Waals surface area (Å²) in [5.74, 6) is -0.588. The molecule has 0 heterocycles. The van der Waals surface area contributed by atoms with E-state index in [9.17, 15) is 15.0 Å². The molecule has 1 aromatic carbocycles. The highest BCUT2D eigenvalue weighted by atomic mass is 16.5. The molecule has 94 valence electrons. The highest BCUT2D eigenvalue weighted by molar-refractivity contribution is 5.70. The summed E-state index contributed by atoms with van der Waals surface area (Å²) in [5, 5.41) is 19.9. The maximum absolute atomic E-state index is 10.5. The molecule has 0 aliphatic heterocycles. The zero-order valence-electron chi connectivity index (χ0n) is 9.67. The van der Waals surface area contributed by atoms with Gasteiger partial charge < -0.3 is 30.2 Å². The molecule has 1 aromatic rings. The molecule has 4 N–H and O–H groups in total. The molecule has 0 saturated heterocycles. The van der Waals surface area contributed by atoms with Crippen LogP contribution in [0.5, 0.6) is 11.5 Å². The van der Waals surface area contributed by atoms with Crippen LogP contribution in [0, 0.1) is 0 Å². The number of aliphatic hydroxyl groups excluding tert-OH is 1. The van der Waals surface area contributed by atoms with Crippen LogP contribution in [0.25, 0.3) is 0 Å². The molecule has 0 aliphatic rings. The van der Waals surface area contributed by atoms with Crippen molar-refractivity contribution in [2.24, 2.45) is 0 Å². The van der Waals surface area contributed by atoms with E-state index in [0.29, 0.717) is 17.1 Å². The number of carbonyl (C=O) groups is 1. The summed E-state index contributed by atoms with van der Waals surface area (Å²) < 4.78 is 10.1. The van der Waals surface area contributed by atoms with Crippen molar-refractivity contribution in [3.63, 3.8) is 0 Å². The molecule has 0 radical (unpaired) electrons. The van der Waals surface area contributed by atoms with Gasteiger partial charge in [-0.15, -0.1) is 0 Å². The molecule has 17 heavy (non-hydrogen) atoms. The Labute approximate surface area is 98.6 Å². The molecule has 6 nitrogen and oxygen atoms in total. The van der Waals surface area contributed by atoms with Crippen molar-refractivity contribution < 1.29 is 30.2 Å². The number of carboxylic acid groups (broad SMARTS) is 1. The summed E-state index contributed by atoms with van der Waals surface area (Å²) in [5.41, 5.74) is 4.12. The van der Waals surface area contributed by atoms with E-state index in [2.05, 4.69) is 5.73 Å². The van der Waals surface area contributed by atoms with E-state index in [1.165, 1.54) is 14.2 Å². The predicted octanol–water partition coefficient (Wildman–Crippen LogP) is -1.90. The summed E-state index contributed by atoms with van der Waals surface area (Å²) >= 11 is 0. The van der Waals surface area contributed by atoms with Gasteiger partial charge in [0.1, 0.15) is 12.1 Å². The molecule has 0 aromatic heterocycles. The summed E-state index contributed by atoms with van der Waals surface area (Å²) in [7, 11) is 2.96. The number of ether oxygens (including phenoxy) is 2. The van der Waals surface area contributed by atoms with E-state index in [1.807, 2.05) is 0 Å². The minimum absolute atomic E-state index is 0.448. The van der Waals surface area contributed by atoms with Gasteiger partial charge in [-0.05, 0) is 18.2 Å². The second kappa shape index (κ2) is 5.51. The predicted molar refractivity (Wildman–Crippen MR) is 56.2 cm³/mol. The monoisotopic (exact) mass is 241 g/mol. The SMILES string of the molecule is COc1ccc([C@@H]([NH3+])[C@@H](O)C(=O)[O-])cc1OC. The van der Waals surface area contributed by atoms with Crippen LogP contribution in [0.2, 0.25) is 0 Å². The Bertz CT molecular complexity index is 407. The van der Waals surface area contributed by atoms with E-state index in [0.717, 1.165) is 0 Å². The van der Waals surface area contributed by atoms with E-state index >= 15 is 0 Å². The van der Waals surface area contributed by atoms with E-state index in [1.54, 1.807) is 18.2 Å². The van der Waals surface area contributed by atoms with Crippen LogP contribution in [0.3, 0.4) is 0 Å². The van der Waals surface area contributed by atoms with Crippen LogP contribution in [0.15, 0.2) is 18.2 Å². The first-order valence-corrected chi connectivity index (χ1v) is 4.95. The van der Waals surface area contributed by atoms with Crippen molar-refractivity contribution in [3.8, 4) is 11.5 Å². The second-order valence-corrected chi connectivity index (χ2v) is 3.48. The molecule has 0 aliphatic carbocycles. The molecule has 0 fully saturated rings. The first-order chi connectivity index (χ1) is 8.01. The van der Waals surface area contributed by atoms with E-state index in [-0.39, 0.29) is 0 Å². The van der Waals surface area contributed by atoms with Gasteiger partial charge in [-0.1, -0.05) is 0 Å². The molecule has 0 spiro atoms. The number of carboxylic acids is 1. The lowest BCUT2D eigenvalue weighted by atomic mass is 10.0. The van der Waals surface area contributed by atoms with Gasteiger partial charge in [-0.25, -0.2) is 0 Å². The molecule has 2 atom stereocenters. The summed E-state index contributed by atoms with van der Waals surface area (Å²) in [6.45, 7) is 0. The van der Waals surface area contributed by atoms with Gasteiger partial charge in [0.2, 0.25) is 0 Å². The fraction of sp³-hybridized carbons (Fsp3) is 0.364. The number of rotatable bonds is 5. The third kappa shape index (κ3) is 2.86. The van der Waals surface area contributed by atoms with Gasteiger partial charge in [-0.2, -0.15) is 0 Å². The Kier molecular flexibility index (Phi) is 4.30. The number of methoxy groups -OCH3 is 2. The highest BCUT2D eigenvalue weighted by Gasteiger charge is 2.22. The molecule has 6 heteroatoms. The third-order valence-electron chi connectivity index (χ3n) is 2.46. The number of benzene rings is 1. The minimum atomic E-state index is -1.66. The number of hydrogen-bond acceptors (Lipinski definition) is 5. The van der Waals surface area contributed by atoms with Gasteiger partial charge in [0, 0.05) is 5.56 Å². The Morgan fingerprint density at radius 2 is 1.94 bits per heavy atom. The fourth-order valence-corrected chi connectivity index (χ4v) is 1.43. The van der Waals surface area contributed by atoms with Crippen LogP contribution < -0.4 is 20.3 Å². The maximum atomic E-state index is 10.5. The van der Waals surface area contributed by atoms with Crippen molar-refractivity contribution in [3.05, 3.63) is 23.8 Å². The molecule has 0 bridgehead atoms. The van der Waals surface area contributed by atoms with E-state index in [4.69, 9.17) is 9.47 Å². The van der Waals surface area contributed by atoms with Crippen molar-refractivity contribution in [1.82, 2.24) is 0 Å². The third-order valence-corrected chi connectivity index (χ3v) is 2.46. The van der Waals surface area contributed by atoms with Gasteiger partial charge in [-0.3, -0.25) is 0 Å². The first kappa shape index (κ1) is 13.3. The maximum Gasteiger partial charge on any atom is 0.161 e. The summed E-state index contributed by atoms with van der Waals surface area (Å²) in [6.07, 6.45) is -1.66. The van der Waals surface area contributed by atoms with Crippen LogP contribution in [-0.2, 0) is 4.79 Å². The van der Waals surface area contributed by atoms with Crippen molar-refractivity contribution in [2.45, 2.75) is 12.1 Å². The lowest BCUT2D eigenvalue weighted by Crippen LogP contribution is -2.62. The minimum Gasteiger partial charge on any atom is -0.547 e. The number of aliphatic carboxylic acids is 1. The van der Waals surface area contributed by atoms with Crippen LogP contribution in [0.1, 0.15) is 11.6 Å². The molecule has 0 unspecified atom stereocenters. The van der Waals surface area contributed by atoms with Crippen LogP contribution >= 0.6 is 0 Å². The highest BCUT2D eigenvalue weighted by Crippen LogP contribution is 2.29. The van der Waals surface area contributed by atoms with Crippen molar-refractivity contribution >= 4 is 5.97 Å². The molecular formula is C11H15NO5. The lowest BCUT2D eigenvalue weighted by Gasteiger charge is -2.18. The molecule has 0 amide bonds. The summed E-state index contributed by atoms with van der Waals surface area (Å²) in [4.78, 5) is 10.5. The number of aliphatic hydroxyl groups is 1. The quantitative estimate of drug-likeness (QED) is 0.626. The largest absolute Gasteiger partial charge is 0.547 e. The van der Waals surface area contributed by atoms with Gasteiger partial charge in [0.15, 0.2) is 11.5 Å². The van der Waals surface area contributed by atoms with Gasteiger partial charge in [0.25, 0.3) is 0 Å². The Balaban J connectivity index is 3.03. The average molecular weight is 241 g/mol. The Morgan fingerprint density at radius 1 is 1.35 bits per heavy atom. The standard InChI is InChI=1S/C11H15NO5/c1-16-7-4-3-6(5-8(7)17-2)9(12)10(13)11(14)15/h3-5,9-10,13H,12H2,1-2H3,(H,14,15)/t9-,10-/m1/s1. The fourth-order valence-electron chi connectivity index (χ4n) is 1.43. The zero-order chi connectivity index (χ0) is 13.0. The van der Waals surface area contributed by atoms with Crippen molar-refractivity contribution in [1.29, 1.82) is 0 Å². The average Bonchev–Trinajstić information content (AvgIpc) is 2.35. The topological polar surface area (TPSA) is 106 Å². The first-order valence-electron chi connectivity index (χ1n) is 4.95. The molecular weight excluding hydrogens is 226 g/mol. The second-order valence-electron chi connectivity index (χ2n) is 3.48. The zero-order valence-corrected chi connectivity index (χ0v) is 9.67. The van der Waals surface area contributed by atoms with E-state index < -0.39 is 18.1 Å². The number of carbonyl (C=O) groups excluding carboxylic acids is 1. The van der Waals surface area contributed by atoms with Gasteiger partial charge >= 0.3 is 0 Å². The lowest BCUT2D eigenvalue weighted by molar-refractivity contribution is -0.448. The van der Waals surface area contributed by atoms with Gasteiger partial charge in [0.05, 0.1) is 20.2 Å². The number of quaternary nitrogens is 1.